The molecule has 0 saturated carbocycles. The van der Waals surface area contributed by atoms with Crippen LogP contribution in [0, 0.1) is 23.7 Å². The van der Waals surface area contributed by atoms with Crippen molar-refractivity contribution in [1.29, 1.82) is 0 Å². The van der Waals surface area contributed by atoms with Crippen molar-refractivity contribution >= 4 is 0 Å². The van der Waals surface area contributed by atoms with Crippen LogP contribution in [0.3, 0.4) is 0 Å². The van der Waals surface area contributed by atoms with Crippen LogP contribution in [0.4, 0.5) is 0 Å². The van der Waals surface area contributed by atoms with Gasteiger partial charge in [0.1, 0.15) is 11.4 Å². The van der Waals surface area contributed by atoms with Crippen LogP contribution in [0.15, 0.2) is 18.2 Å². The van der Waals surface area contributed by atoms with Crippen LogP contribution in [0.1, 0.15) is 25.2 Å². The zero-order chi connectivity index (χ0) is 8.81. The average Bonchev–Trinajstić information content (AvgIpc) is 2.06. The Balaban J connectivity index is 3.06. The van der Waals surface area contributed by atoms with Crippen LogP contribution in [0.5, 0.6) is 0 Å². The molecule has 0 aliphatic rings. The molecule has 12 heavy (non-hydrogen) atoms. The van der Waals surface area contributed by atoms with Gasteiger partial charge in [0.05, 0.1) is 0 Å². The van der Waals surface area contributed by atoms with Crippen LogP contribution in [-0.2, 0) is 0 Å². The maximum Gasteiger partial charge on any atom is 0.114 e. The number of aromatic nitrogens is 1. The smallest absolute Gasteiger partial charge is 0.114 e. The molecule has 1 aromatic heterocycles. The van der Waals surface area contributed by atoms with Gasteiger partial charge in [-0.05, 0) is 37.8 Å². The Bertz CT molecular complexity index is 347. The third kappa shape index (κ3) is 2.15. The van der Waals surface area contributed by atoms with E-state index in [0.29, 0.717) is 0 Å². The van der Waals surface area contributed by atoms with Gasteiger partial charge in [-0.2, -0.15) is 0 Å². The second kappa shape index (κ2) is 4.21. The molecule has 0 fully saturated rings. The molecular weight excluding hydrogens is 146 g/mol. The fraction of sp³-hybridized carbons (Fsp3) is 0.182. The average molecular weight is 155 g/mol. The highest BCUT2D eigenvalue weighted by atomic mass is 14.7. The quantitative estimate of drug-likeness (QED) is 0.521. The lowest BCUT2D eigenvalue weighted by molar-refractivity contribution is 1.25. The molecule has 0 saturated heterocycles. The largest absolute Gasteiger partial charge is 0.231 e. The molecule has 0 amide bonds. The normalized spacial score (nSPS) is 7.50. The van der Waals surface area contributed by atoms with E-state index in [9.17, 15) is 0 Å². The van der Waals surface area contributed by atoms with Crippen molar-refractivity contribution in [2.75, 3.05) is 0 Å². The molecule has 0 unspecified atom stereocenters. The number of pyridine rings is 1. The minimum absolute atomic E-state index is 0.776. The molecule has 58 valence electrons. The molecule has 0 bridgehead atoms. The Morgan fingerprint density at radius 2 is 1.50 bits per heavy atom. The zero-order valence-electron chi connectivity index (χ0n) is 7.18. The Kier molecular flexibility index (Phi) is 2.94. The third-order valence-corrected chi connectivity index (χ3v) is 1.26. The topological polar surface area (TPSA) is 12.9 Å². The lowest BCUT2D eigenvalue weighted by Gasteiger charge is -1.90. The second-order valence-electron chi connectivity index (χ2n) is 2.16. The molecule has 1 heterocycles. The predicted molar refractivity (Wildman–Crippen MR) is 49.3 cm³/mol. The van der Waals surface area contributed by atoms with Gasteiger partial charge in [-0.25, -0.2) is 4.98 Å². The van der Waals surface area contributed by atoms with Crippen molar-refractivity contribution < 1.29 is 0 Å². The molecule has 1 aromatic rings. The number of nitrogens with zero attached hydrogens (tertiary/aromatic N) is 1. The van der Waals surface area contributed by atoms with Gasteiger partial charge in [0, 0.05) is 0 Å². The van der Waals surface area contributed by atoms with Crippen LogP contribution in [0.2, 0.25) is 0 Å². The summed E-state index contributed by atoms with van der Waals surface area (Å²) < 4.78 is 0. The molecule has 1 heteroatoms. The predicted octanol–water partition coefficient (Wildman–Crippen LogP) is 1.82. The highest BCUT2D eigenvalue weighted by Gasteiger charge is 1.89. The highest BCUT2D eigenvalue weighted by molar-refractivity contribution is 5.34. The van der Waals surface area contributed by atoms with Crippen LogP contribution < -0.4 is 0 Å². The van der Waals surface area contributed by atoms with Crippen LogP contribution in [0.25, 0.3) is 0 Å². The van der Waals surface area contributed by atoms with Gasteiger partial charge in [-0.3, -0.25) is 0 Å². The molecular formula is C11H9N. The fourth-order valence-corrected chi connectivity index (χ4v) is 0.830. The van der Waals surface area contributed by atoms with E-state index in [-0.39, 0.29) is 0 Å². The molecule has 1 nitrogen and oxygen atoms in total. The van der Waals surface area contributed by atoms with E-state index in [4.69, 9.17) is 0 Å². The third-order valence-electron chi connectivity index (χ3n) is 1.26. The van der Waals surface area contributed by atoms with Gasteiger partial charge < -0.3 is 0 Å². The number of hydrogen-bond donors (Lipinski definition) is 0. The molecule has 1 rings (SSSR count). The standard InChI is InChI=1S/C11H9N/c1-3-6-10-8-5-9-11(12-10)7-4-2/h5,8-9H,1-2H3. The monoisotopic (exact) mass is 155 g/mol. The van der Waals surface area contributed by atoms with Crippen molar-refractivity contribution in [2.45, 2.75) is 13.8 Å². The first kappa shape index (κ1) is 8.37. The van der Waals surface area contributed by atoms with E-state index in [1.165, 1.54) is 0 Å². The molecule has 0 radical (unpaired) electrons. The summed E-state index contributed by atoms with van der Waals surface area (Å²) in [6, 6.07) is 5.65. The minimum Gasteiger partial charge on any atom is -0.231 e. The van der Waals surface area contributed by atoms with Crippen molar-refractivity contribution in [3.05, 3.63) is 29.6 Å². The van der Waals surface area contributed by atoms with Crippen molar-refractivity contribution in [2.24, 2.45) is 0 Å². The van der Waals surface area contributed by atoms with Gasteiger partial charge in [0.2, 0.25) is 0 Å². The summed E-state index contributed by atoms with van der Waals surface area (Å²) in [5.41, 5.74) is 1.55. The number of rotatable bonds is 0. The zero-order valence-corrected chi connectivity index (χ0v) is 7.18. The first-order valence-corrected chi connectivity index (χ1v) is 3.69. The molecule has 0 aromatic carbocycles. The maximum absolute atomic E-state index is 4.20. The fourth-order valence-electron chi connectivity index (χ4n) is 0.830. The summed E-state index contributed by atoms with van der Waals surface area (Å²) in [6.07, 6.45) is 0. The van der Waals surface area contributed by atoms with Gasteiger partial charge in [0.25, 0.3) is 0 Å². The second-order valence-corrected chi connectivity index (χ2v) is 2.16. The van der Waals surface area contributed by atoms with Gasteiger partial charge >= 0.3 is 0 Å². The lowest BCUT2D eigenvalue weighted by atomic mass is 10.3. The van der Waals surface area contributed by atoms with Gasteiger partial charge in [-0.1, -0.05) is 17.9 Å². The molecule has 0 aliphatic heterocycles. The molecule has 0 atom stereocenters. The van der Waals surface area contributed by atoms with E-state index in [0.717, 1.165) is 11.4 Å². The molecule has 0 N–H and O–H groups in total. The van der Waals surface area contributed by atoms with E-state index >= 15 is 0 Å². The summed E-state index contributed by atoms with van der Waals surface area (Å²) in [5.74, 6) is 11.3. The van der Waals surface area contributed by atoms with Crippen molar-refractivity contribution in [3.63, 3.8) is 0 Å². The Morgan fingerprint density at radius 3 is 1.92 bits per heavy atom. The Morgan fingerprint density at radius 1 is 1.00 bits per heavy atom. The van der Waals surface area contributed by atoms with E-state index < -0.39 is 0 Å². The maximum atomic E-state index is 4.20. The van der Waals surface area contributed by atoms with Crippen molar-refractivity contribution in [3.8, 4) is 23.7 Å². The van der Waals surface area contributed by atoms with Gasteiger partial charge in [-0.15, -0.1) is 0 Å². The summed E-state index contributed by atoms with van der Waals surface area (Å²) in [4.78, 5) is 4.20. The SMILES string of the molecule is CC#Cc1cccc(C#CC)n1. The lowest BCUT2D eigenvalue weighted by Crippen LogP contribution is -1.85. The Hall–Kier alpha value is -1.73. The Labute approximate surface area is 72.8 Å². The summed E-state index contributed by atoms with van der Waals surface area (Å²) in [7, 11) is 0. The summed E-state index contributed by atoms with van der Waals surface area (Å²) in [6.45, 7) is 3.58. The van der Waals surface area contributed by atoms with Crippen LogP contribution >= 0.6 is 0 Å². The molecule has 0 spiro atoms. The number of hydrogen-bond acceptors (Lipinski definition) is 1. The van der Waals surface area contributed by atoms with Crippen molar-refractivity contribution in [1.82, 2.24) is 4.98 Å². The van der Waals surface area contributed by atoms with Gasteiger partial charge in [0.15, 0.2) is 0 Å². The van der Waals surface area contributed by atoms with E-state index in [1.807, 2.05) is 18.2 Å². The summed E-state index contributed by atoms with van der Waals surface area (Å²) >= 11 is 0. The first-order valence-electron chi connectivity index (χ1n) is 3.69. The summed E-state index contributed by atoms with van der Waals surface area (Å²) in [5, 5.41) is 0. The van der Waals surface area contributed by atoms with E-state index in [1.54, 1.807) is 13.8 Å². The first-order chi connectivity index (χ1) is 5.86. The minimum atomic E-state index is 0.776. The highest BCUT2D eigenvalue weighted by Crippen LogP contribution is 1.95. The molecule has 0 aliphatic carbocycles. The van der Waals surface area contributed by atoms with E-state index in [2.05, 4.69) is 28.7 Å². The van der Waals surface area contributed by atoms with Crippen LogP contribution in [-0.4, -0.2) is 4.98 Å².